The average molecular weight is 399 g/mol. The van der Waals surface area contributed by atoms with Crippen molar-refractivity contribution in [2.24, 2.45) is 0 Å². The minimum atomic E-state index is -3.65. The second-order valence-electron chi connectivity index (χ2n) is 6.64. The molecule has 0 aromatic rings. The van der Waals surface area contributed by atoms with Crippen LogP contribution < -0.4 is 0 Å². The van der Waals surface area contributed by atoms with E-state index < -0.39 is 16.1 Å². The first-order chi connectivity index (χ1) is 12.0. The van der Waals surface area contributed by atoms with E-state index in [2.05, 4.69) is 23.3 Å². The molecule has 0 aliphatic carbocycles. The normalized spacial score (nSPS) is 11.5. The SMILES string of the molecule is CCCCCCCC/C=C\CCCCCCCC(=O)OS(=O)(=O)CC.[NaH]. The Labute approximate surface area is 184 Å². The summed E-state index contributed by atoms with van der Waals surface area (Å²) in [7, 11) is -3.65. The van der Waals surface area contributed by atoms with E-state index in [9.17, 15) is 13.2 Å². The van der Waals surface area contributed by atoms with Crippen LogP contribution in [0.15, 0.2) is 12.2 Å². The quantitative estimate of drug-likeness (QED) is 0.145. The van der Waals surface area contributed by atoms with Crippen molar-refractivity contribution in [2.45, 2.75) is 104 Å². The number of rotatable bonds is 17. The molecule has 0 bridgehead atoms. The van der Waals surface area contributed by atoms with Gasteiger partial charge in [0.15, 0.2) is 0 Å². The molecule has 0 radical (unpaired) electrons. The van der Waals surface area contributed by atoms with Gasteiger partial charge in [-0.1, -0.05) is 70.4 Å². The van der Waals surface area contributed by atoms with Gasteiger partial charge in [0.25, 0.3) is 0 Å². The Bertz CT molecular complexity index is 447. The Morgan fingerprint density at radius 3 is 1.73 bits per heavy atom. The third kappa shape index (κ3) is 20.5. The number of hydrogen-bond donors (Lipinski definition) is 0. The Morgan fingerprint density at radius 2 is 1.23 bits per heavy atom. The number of hydrogen-bond acceptors (Lipinski definition) is 4. The van der Waals surface area contributed by atoms with Crippen LogP contribution in [0.1, 0.15) is 104 Å². The van der Waals surface area contributed by atoms with E-state index in [4.69, 9.17) is 0 Å². The summed E-state index contributed by atoms with van der Waals surface area (Å²) in [6.45, 7) is 3.71. The summed E-state index contributed by atoms with van der Waals surface area (Å²) in [6.07, 6.45) is 20.3. The molecule has 6 heteroatoms. The summed E-state index contributed by atoms with van der Waals surface area (Å²) < 4.78 is 26.7. The van der Waals surface area contributed by atoms with E-state index >= 15 is 0 Å². The Morgan fingerprint density at radius 1 is 0.769 bits per heavy atom. The summed E-state index contributed by atoms with van der Waals surface area (Å²) in [5.41, 5.74) is 0. The molecule has 0 fully saturated rings. The van der Waals surface area contributed by atoms with E-state index in [-0.39, 0.29) is 41.7 Å². The van der Waals surface area contributed by atoms with Crippen LogP contribution in [-0.4, -0.2) is 49.7 Å². The van der Waals surface area contributed by atoms with Crippen molar-refractivity contribution in [1.29, 1.82) is 0 Å². The standard InChI is InChI=1S/C20H38O4S.Na.H/c1-3-5-6-7-8-9-10-11-12-13-14-15-16-17-18-19-20(21)24-25(22,23)4-2;;/h11-12H,3-10,13-19H2,1-2H3;;/b12-11-;;. The number of unbranched alkanes of at least 4 members (excludes halogenated alkanes) is 11. The summed E-state index contributed by atoms with van der Waals surface area (Å²) >= 11 is 0. The molecular formula is C20H39NaO4S. The molecule has 150 valence electrons. The van der Waals surface area contributed by atoms with Gasteiger partial charge in [-0.3, -0.25) is 4.79 Å². The van der Waals surface area contributed by atoms with E-state index in [1.165, 1.54) is 58.3 Å². The first-order valence-electron chi connectivity index (χ1n) is 10.1. The maximum absolute atomic E-state index is 11.3. The van der Waals surface area contributed by atoms with E-state index in [1.807, 2.05) is 0 Å². The monoisotopic (exact) mass is 398 g/mol. The zero-order valence-corrected chi connectivity index (χ0v) is 17.1. The molecule has 0 aromatic carbocycles. The first-order valence-corrected chi connectivity index (χ1v) is 11.7. The van der Waals surface area contributed by atoms with Gasteiger partial charge in [0.05, 0.1) is 5.75 Å². The summed E-state index contributed by atoms with van der Waals surface area (Å²) in [5, 5.41) is 0. The fourth-order valence-corrected chi connectivity index (χ4v) is 3.07. The van der Waals surface area contributed by atoms with Gasteiger partial charge in [0.2, 0.25) is 0 Å². The molecule has 26 heavy (non-hydrogen) atoms. The molecule has 0 rings (SSSR count). The van der Waals surface area contributed by atoms with Gasteiger partial charge in [0.1, 0.15) is 0 Å². The molecule has 0 spiro atoms. The van der Waals surface area contributed by atoms with Crippen LogP contribution in [0.5, 0.6) is 0 Å². The van der Waals surface area contributed by atoms with Crippen LogP contribution in [-0.2, 0) is 19.1 Å². The second-order valence-corrected chi connectivity index (χ2v) is 8.50. The van der Waals surface area contributed by atoms with Crippen LogP contribution in [0.25, 0.3) is 0 Å². The Hall–Kier alpha value is 0.160. The molecule has 0 aromatic heterocycles. The molecule has 0 aliphatic heterocycles. The van der Waals surface area contributed by atoms with E-state index in [0.717, 1.165) is 25.7 Å². The fraction of sp³-hybridized carbons (Fsp3) is 0.850. The van der Waals surface area contributed by atoms with Crippen molar-refractivity contribution >= 4 is 45.6 Å². The van der Waals surface area contributed by atoms with Crippen LogP contribution in [0, 0.1) is 0 Å². The zero-order chi connectivity index (χ0) is 18.8. The van der Waals surface area contributed by atoms with Crippen molar-refractivity contribution in [1.82, 2.24) is 0 Å². The van der Waals surface area contributed by atoms with E-state index in [1.54, 1.807) is 0 Å². The first kappa shape index (κ1) is 28.4. The minimum absolute atomic E-state index is 0. The molecule has 0 unspecified atom stereocenters. The topological polar surface area (TPSA) is 60.4 Å². The van der Waals surface area contributed by atoms with E-state index in [0.29, 0.717) is 6.42 Å². The van der Waals surface area contributed by atoms with Crippen LogP contribution in [0.2, 0.25) is 0 Å². The molecule has 4 nitrogen and oxygen atoms in total. The third-order valence-electron chi connectivity index (χ3n) is 4.22. The van der Waals surface area contributed by atoms with Gasteiger partial charge >= 0.3 is 45.6 Å². The second kappa shape index (κ2) is 19.9. The molecule has 0 heterocycles. The molecule has 0 amide bonds. The van der Waals surface area contributed by atoms with Crippen molar-refractivity contribution < 1.29 is 17.4 Å². The molecule has 0 N–H and O–H groups in total. The van der Waals surface area contributed by atoms with Crippen LogP contribution >= 0.6 is 0 Å². The van der Waals surface area contributed by atoms with Gasteiger partial charge in [-0.25, -0.2) is 0 Å². The molecule has 0 saturated heterocycles. The Kier molecular flexibility index (Phi) is 21.7. The van der Waals surface area contributed by atoms with Crippen molar-refractivity contribution in [3.8, 4) is 0 Å². The molecule has 0 saturated carbocycles. The Balaban J connectivity index is 0. The van der Waals surface area contributed by atoms with Gasteiger partial charge in [0, 0.05) is 6.42 Å². The summed E-state index contributed by atoms with van der Waals surface area (Å²) in [4.78, 5) is 11.3. The summed E-state index contributed by atoms with van der Waals surface area (Å²) in [5.74, 6) is -0.787. The fourth-order valence-electron chi connectivity index (χ4n) is 2.58. The van der Waals surface area contributed by atoms with Crippen molar-refractivity contribution in [3.05, 3.63) is 12.2 Å². The predicted octanol–water partition coefficient (Wildman–Crippen LogP) is 5.27. The number of carbonyl (C=O) groups is 1. The van der Waals surface area contributed by atoms with Crippen molar-refractivity contribution in [2.75, 3.05) is 5.75 Å². The van der Waals surface area contributed by atoms with Gasteiger partial charge in [-0.05, 0) is 39.0 Å². The van der Waals surface area contributed by atoms with Gasteiger partial charge in [-0.2, -0.15) is 8.42 Å². The third-order valence-corrected chi connectivity index (χ3v) is 5.36. The number of allylic oxidation sites excluding steroid dienone is 2. The van der Waals surface area contributed by atoms with Crippen LogP contribution in [0.4, 0.5) is 0 Å². The molecule has 0 atom stereocenters. The average Bonchev–Trinajstić information content (AvgIpc) is 2.58. The summed E-state index contributed by atoms with van der Waals surface area (Å²) in [6, 6.07) is 0. The van der Waals surface area contributed by atoms with Gasteiger partial charge < -0.3 is 4.18 Å². The predicted molar refractivity (Wildman–Crippen MR) is 112 cm³/mol. The zero-order valence-electron chi connectivity index (χ0n) is 16.3. The molecule has 0 aliphatic rings. The van der Waals surface area contributed by atoms with Crippen LogP contribution in [0.3, 0.4) is 0 Å². The van der Waals surface area contributed by atoms with Crippen molar-refractivity contribution in [3.63, 3.8) is 0 Å². The maximum atomic E-state index is 11.3. The molecular weight excluding hydrogens is 359 g/mol. The number of carbonyl (C=O) groups excluding carboxylic acids is 1. The van der Waals surface area contributed by atoms with Gasteiger partial charge in [-0.15, -0.1) is 0 Å².